The van der Waals surface area contributed by atoms with Crippen LogP contribution in [0.2, 0.25) is 0 Å². The van der Waals surface area contributed by atoms with Gasteiger partial charge in [-0.05, 0) is 24.3 Å². The van der Waals surface area contributed by atoms with E-state index in [-0.39, 0.29) is 5.56 Å². The summed E-state index contributed by atoms with van der Waals surface area (Å²) in [5.74, 6) is 1.85. The number of benzene rings is 2. The molecule has 0 aliphatic rings. The quantitative estimate of drug-likeness (QED) is 0.546. The molecule has 2 heterocycles. The minimum Gasteiger partial charge on any atom is -0.496 e. The molecule has 2 aromatic heterocycles. The van der Waals surface area contributed by atoms with Gasteiger partial charge in [-0.3, -0.25) is 9.20 Å². The van der Waals surface area contributed by atoms with E-state index in [1.54, 1.807) is 38.0 Å². The molecule has 23 heavy (non-hydrogen) atoms. The second kappa shape index (κ2) is 4.78. The van der Waals surface area contributed by atoms with E-state index in [1.807, 2.05) is 24.3 Å². The van der Waals surface area contributed by atoms with Gasteiger partial charge in [0.15, 0.2) is 11.5 Å². The summed E-state index contributed by atoms with van der Waals surface area (Å²) in [5, 5.41) is 3.06. The zero-order chi connectivity index (χ0) is 16.1. The molecule has 2 aromatic carbocycles. The van der Waals surface area contributed by atoms with E-state index < -0.39 is 0 Å². The largest absolute Gasteiger partial charge is 0.496 e. The number of methoxy groups -OCH3 is 3. The van der Waals surface area contributed by atoms with E-state index >= 15 is 0 Å². The molecule has 4 aromatic rings. The summed E-state index contributed by atoms with van der Waals surface area (Å²) in [5.41, 5.74) is 0.735. The predicted molar refractivity (Wildman–Crippen MR) is 89.5 cm³/mol. The van der Waals surface area contributed by atoms with Crippen molar-refractivity contribution in [3.8, 4) is 17.2 Å². The summed E-state index contributed by atoms with van der Waals surface area (Å²) < 4.78 is 18.2. The molecule has 0 unspecified atom stereocenters. The van der Waals surface area contributed by atoms with Crippen LogP contribution in [0.25, 0.3) is 27.1 Å². The van der Waals surface area contributed by atoms with Crippen molar-refractivity contribution in [3.05, 3.63) is 46.9 Å². The molecule has 0 fully saturated rings. The number of hydrogen-bond acceptors (Lipinski definition) is 4. The van der Waals surface area contributed by atoms with Crippen molar-refractivity contribution < 1.29 is 14.2 Å². The predicted octanol–water partition coefficient (Wildman–Crippen LogP) is 3.07. The summed E-state index contributed by atoms with van der Waals surface area (Å²) in [6.45, 7) is 0. The molecule has 4 rings (SSSR count). The molecule has 0 saturated heterocycles. The lowest BCUT2D eigenvalue weighted by molar-refractivity contribution is 0.359. The minimum absolute atomic E-state index is 0.0754. The Balaban J connectivity index is 2.44. The molecule has 5 nitrogen and oxygen atoms in total. The Bertz CT molecular complexity index is 1100. The Morgan fingerprint density at radius 2 is 1.70 bits per heavy atom. The second-order valence-corrected chi connectivity index (χ2v) is 5.30. The SMILES string of the molecule is COc1cc2ccn3c(=O)c4cccc(OC)c4c(c1OC)c23. The van der Waals surface area contributed by atoms with Gasteiger partial charge >= 0.3 is 0 Å². The fourth-order valence-electron chi connectivity index (χ4n) is 3.29. The van der Waals surface area contributed by atoms with Crippen LogP contribution in [-0.2, 0) is 0 Å². The van der Waals surface area contributed by atoms with Crippen LogP contribution in [0, 0.1) is 0 Å². The maximum absolute atomic E-state index is 12.8. The van der Waals surface area contributed by atoms with Gasteiger partial charge in [0.05, 0.1) is 37.6 Å². The maximum atomic E-state index is 12.8. The van der Waals surface area contributed by atoms with Crippen molar-refractivity contribution in [2.24, 2.45) is 0 Å². The van der Waals surface area contributed by atoms with Gasteiger partial charge in [-0.1, -0.05) is 6.07 Å². The van der Waals surface area contributed by atoms with Crippen LogP contribution in [0.5, 0.6) is 17.2 Å². The molecule has 0 bridgehead atoms. The monoisotopic (exact) mass is 309 g/mol. The highest BCUT2D eigenvalue weighted by Gasteiger charge is 2.21. The summed E-state index contributed by atoms with van der Waals surface area (Å²) in [4.78, 5) is 12.8. The average Bonchev–Trinajstić information content (AvgIpc) is 3.02. The Labute approximate surface area is 131 Å². The van der Waals surface area contributed by atoms with Crippen LogP contribution < -0.4 is 19.8 Å². The summed E-state index contributed by atoms with van der Waals surface area (Å²) in [6, 6.07) is 9.23. The van der Waals surface area contributed by atoms with Gasteiger partial charge in [0, 0.05) is 17.0 Å². The molecular weight excluding hydrogens is 294 g/mol. The van der Waals surface area contributed by atoms with Gasteiger partial charge in [-0.15, -0.1) is 0 Å². The number of rotatable bonds is 3. The summed E-state index contributed by atoms with van der Waals surface area (Å²) >= 11 is 0. The van der Waals surface area contributed by atoms with Gasteiger partial charge in [0.1, 0.15) is 5.75 Å². The van der Waals surface area contributed by atoms with Gasteiger partial charge < -0.3 is 14.2 Å². The zero-order valence-electron chi connectivity index (χ0n) is 13.0. The van der Waals surface area contributed by atoms with Crippen molar-refractivity contribution in [3.63, 3.8) is 0 Å². The zero-order valence-corrected chi connectivity index (χ0v) is 13.0. The fraction of sp³-hybridized carbons (Fsp3) is 0.167. The highest BCUT2D eigenvalue weighted by molar-refractivity contribution is 6.17. The summed E-state index contributed by atoms with van der Waals surface area (Å²) in [7, 11) is 4.79. The highest BCUT2D eigenvalue weighted by Crippen LogP contribution is 2.44. The normalized spacial score (nSPS) is 11.4. The lowest BCUT2D eigenvalue weighted by Gasteiger charge is -2.15. The van der Waals surface area contributed by atoms with Crippen molar-refractivity contribution >= 4 is 27.1 Å². The highest BCUT2D eigenvalue weighted by atomic mass is 16.5. The molecule has 0 N–H and O–H groups in total. The molecule has 0 atom stereocenters. The molecule has 0 aliphatic heterocycles. The fourth-order valence-corrected chi connectivity index (χ4v) is 3.29. The van der Waals surface area contributed by atoms with Crippen molar-refractivity contribution in [1.82, 2.24) is 4.40 Å². The number of pyridine rings is 1. The maximum Gasteiger partial charge on any atom is 0.263 e. The van der Waals surface area contributed by atoms with E-state index in [0.717, 1.165) is 21.7 Å². The number of hydrogen-bond donors (Lipinski definition) is 0. The lowest BCUT2D eigenvalue weighted by atomic mass is 10.0. The van der Waals surface area contributed by atoms with E-state index in [0.29, 0.717) is 22.6 Å². The molecule has 116 valence electrons. The average molecular weight is 309 g/mol. The van der Waals surface area contributed by atoms with Crippen LogP contribution in [0.15, 0.2) is 41.3 Å². The molecule has 0 aliphatic carbocycles. The van der Waals surface area contributed by atoms with Crippen molar-refractivity contribution in [2.75, 3.05) is 21.3 Å². The van der Waals surface area contributed by atoms with E-state index in [9.17, 15) is 4.79 Å². The smallest absolute Gasteiger partial charge is 0.263 e. The number of nitrogens with zero attached hydrogens (tertiary/aromatic N) is 1. The number of fused-ring (bicyclic) bond motifs is 2. The third-order valence-corrected chi connectivity index (χ3v) is 4.26. The third-order valence-electron chi connectivity index (χ3n) is 4.26. The molecule has 0 amide bonds. The van der Waals surface area contributed by atoms with Crippen LogP contribution >= 0.6 is 0 Å². The van der Waals surface area contributed by atoms with Crippen LogP contribution in [-0.4, -0.2) is 25.7 Å². The first kappa shape index (κ1) is 13.7. The molecular formula is C18H15NO4. The Kier molecular flexibility index (Phi) is 2.84. The van der Waals surface area contributed by atoms with Gasteiger partial charge in [-0.25, -0.2) is 0 Å². The Hall–Kier alpha value is -2.95. The van der Waals surface area contributed by atoms with Crippen molar-refractivity contribution in [1.29, 1.82) is 0 Å². The van der Waals surface area contributed by atoms with E-state index in [1.165, 1.54) is 0 Å². The third kappa shape index (κ3) is 1.64. The van der Waals surface area contributed by atoms with Crippen LogP contribution in [0.3, 0.4) is 0 Å². The van der Waals surface area contributed by atoms with Crippen LogP contribution in [0.1, 0.15) is 0 Å². The molecule has 0 radical (unpaired) electrons. The second-order valence-electron chi connectivity index (χ2n) is 5.30. The number of ether oxygens (including phenoxy) is 3. The molecule has 0 saturated carbocycles. The Morgan fingerprint density at radius 3 is 2.39 bits per heavy atom. The van der Waals surface area contributed by atoms with E-state index in [4.69, 9.17) is 14.2 Å². The minimum atomic E-state index is -0.0754. The van der Waals surface area contributed by atoms with Crippen LogP contribution in [0.4, 0.5) is 0 Å². The topological polar surface area (TPSA) is 49.2 Å². The number of aromatic nitrogens is 1. The first-order chi connectivity index (χ1) is 11.2. The van der Waals surface area contributed by atoms with Crippen molar-refractivity contribution in [2.45, 2.75) is 0 Å². The van der Waals surface area contributed by atoms with E-state index in [2.05, 4.69) is 0 Å². The van der Waals surface area contributed by atoms with Gasteiger partial charge in [0.2, 0.25) is 0 Å². The standard InChI is InChI=1S/C18H15NO4/c1-21-12-6-4-5-11-14(12)15-16-10(7-8-19(16)18(11)20)9-13(22-2)17(15)23-3/h4-9H,1-3H3. The lowest BCUT2D eigenvalue weighted by Crippen LogP contribution is -2.13. The molecule has 5 heteroatoms. The first-order valence-electron chi connectivity index (χ1n) is 7.19. The molecule has 0 spiro atoms. The first-order valence-corrected chi connectivity index (χ1v) is 7.19. The van der Waals surface area contributed by atoms with Gasteiger partial charge in [0.25, 0.3) is 5.56 Å². The van der Waals surface area contributed by atoms with Gasteiger partial charge in [-0.2, -0.15) is 0 Å². The Morgan fingerprint density at radius 1 is 0.913 bits per heavy atom. The summed E-state index contributed by atoms with van der Waals surface area (Å²) in [6.07, 6.45) is 1.78.